The molecule has 0 saturated heterocycles. The largest absolute Gasteiger partial charge is 0.484 e. The summed E-state index contributed by atoms with van der Waals surface area (Å²) in [5.41, 5.74) is 2.45. The number of anilines is 1. The van der Waals surface area contributed by atoms with Gasteiger partial charge in [-0.05, 0) is 72.5 Å². The van der Waals surface area contributed by atoms with Crippen LogP contribution in [0, 0.1) is 6.92 Å². The van der Waals surface area contributed by atoms with Crippen LogP contribution >= 0.6 is 11.3 Å². The molecule has 0 unspecified atom stereocenters. The predicted octanol–water partition coefficient (Wildman–Crippen LogP) is 4.97. The van der Waals surface area contributed by atoms with Gasteiger partial charge in [0.15, 0.2) is 12.4 Å². The van der Waals surface area contributed by atoms with E-state index in [0.29, 0.717) is 11.3 Å². The predicted molar refractivity (Wildman–Crippen MR) is 109 cm³/mol. The molecule has 0 fully saturated rings. The number of hydrogen-bond acceptors (Lipinski definition) is 4. The molecule has 0 spiro atoms. The van der Waals surface area contributed by atoms with E-state index in [9.17, 15) is 9.59 Å². The quantitative estimate of drug-likeness (QED) is 0.467. The van der Waals surface area contributed by atoms with Crippen molar-refractivity contribution >= 4 is 34.8 Å². The van der Waals surface area contributed by atoms with Gasteiger partial charge in [0.25, 0.3) is 5.91 Å². The van der Waals surface area contributed by atoms with Crippen molar-refractivity contribution in [3.05, 3.63) is 88.1 Å². The summed E-state index contributed by atoms with van der Waals surface area (Å²) in [7, 11) is 0. The van der Waals surface area contributed by atoms with Gasteiger partial charge in [-0.3, -0.25) is 9.59 Å². The van der Waals surface area contributed by atoms with Gasteiger partial charge in [0.05, 0.1) is 0 Å². The average molecular weight is 377 g/mol. The Kier molecular flexibility index (Phi) is 6.18. The van der Waals surface area contributed by atoms with Crippen molar-refractivity contribution in [2.75, 3.05) is 11.9 Å². The number of ketones is 1. The molecule has 1 amide bonds. The summed E-state index contributed by atoms with van der Waals surface area (Å²) in [6.45, 7) is 1.92. The Hall–Kier alpha value is -3.18. The molecular weight excluding hydrogens is 358 g/mol. The standard InChI is InChI=1S/C22H19NO3S/c1-16-13-14-27-21(16)12-11-20(24)17-7-9-19(10-8-17)26-15-22(25)23-18-5-3-2-4-6-18/h2-14H,15H2,1H3,(H,23,25)/b12-11+. The number of carbonyl (C=O) groups excluding carboxylic acids is 2. The number of amides is 1. The average Bonchev–Trinajstić information content (AvgIpc) is 3.10. The molecule has 0 bridgehead atoms. The van der Waals surface area contributed by atoms with E-state index in [1.807, 2.05) is 54.8 Å². The topological polar surface area (TPSA) is 55.4 Å². The fourth-order valence-electron chi connectivity index (χ4n) is 2.39. The molecule has 0 atom stereocenters. The zero-order valence-electron chi connectivity index (χ0n) is 14.8. The van der Waals surface area contributed by atoms with Crippen LogP contribution in [0.2, 0.25) is 0 Å². The van der Waals surface area contributed by atoms with Gasteiger partial charge in [-0.2, -0.15) is 0 Å². The van der Waals surface area contributed by atoms with Crippen LogP contribution in [0.15, 0.2) is 72.1 Å². The lowest BCUT2D eigenvalue weighted by Crippen LogP contribution is -2.20. The number of hydrogen-bond donors (Lipinski definition) is 1. The molecule has 0 saturated carbocycles. The maximum Gasteiger partial charge on any atom is 0.262 e. The van der Waals surface area contributed by atoms with Crippen molar-refractivity contribution < 1.29 is 14.3 Å². The van der Waals surface area contributed by atoms with Crippen molar-refractivity contribution in [1.82, 2.24) is 0 Å². The Morgan fingerprint density at radius 1 is 1.04 bits per heavy atom. The molecule has 1 aromatic heterocycles. The van der Waals surface area contributed by atoms with Crippen molar-refractivity contribution in [2.24, 2.45) is 0 Å². The van der Waals surface area contributed by atoms with Crippen LogP contribution < -0.4 is 10.1 Å². The maximum absolute atomic E-state index is 12.2. The minimum atomic E-state index is -0.240. The highest BCUT2D eigenvalue weighted by Crippen LogP contribution is 2.18. The molecule has 0 aliphatic rings. The van der Waals surface area contributed by atoms with E-state index in [0.717, 1.165) is 16.1 Å². The van der Waals surface area contributed by atoms with Gasteiger partial charge in [0, 0.05) is 16.1 Å². The molecule has 27 heavy (non-hydrogen) atoms. The third-order valence-electron chi connectivity index (χ3n) is 3.85. The number of benzene rings is 2. The van der Waals surface area contributed by atoms with E-state index < -0.39 is 0 Å². The number of ether oxygens (including phenoxy) is 1. The van der Waals surface area contributed by atoms with Crippen LogP contribution in [0.25, 0.3) is 6.08 Å². The molecule has 136 valence electrons. The molecule has 1 N–H and O–H groups in total. The van der Waals surface area contributed by atoms with E-state index in [2.05, 4.69) is 5.32 Å². The summed E-state index contributed by atoms with van der Waals surface area (Å²) < 4.78 is 5.47. The number of aryl methyl sites for hydroxylation is 1. The van der Waals surface area contributed by atoms with Gasteiger partial charge < -0.3 is 10.1 Å². The second-order valence-electron chi connectivity index (χ2n) is 5.89. The molecule has 3 rings (SSSR count). The summed E-state index contributed by atoms with van der Waals surface area (Å²) in [4.78, 5) is 25.2. The maximum atomic E-state index is 12.2. The first-order valence-corrected chi connectivity index (χ1v) is 9.34. The highest BCUT2D eigenvalue weighted by molar-refractivity contribution is 7.11. The van der Waals surface area contributed by atoms with Gasteiger partial charge in [-0.15, -0.1) is 11.3 Å². The molecular formula is C22H19NO3S. The normalized spacial score (nSPS) is 10.7. The number of rotatable bonds is 7. The van der Waals surface area contributed by atoms with Crippen molar-refractivity contribution in [2.45, 2.75) is 6.92 Å². The van der Waals surface area contributed by atoms with Crippen LogP contribution in [0.1, 0.15) is 20.8 Å². The second kappa shape index (κ2) is 8.96. The molecule has 3 aromatic rings. The fourth-order valence-corrected chi connectivity index (χ4v) is 3.20. The van der Waals surface area contributed by atoms with Gasteiger partial charge in [0.2, 0.25) is 0 Å². The van der Waals surface area contributed by atoms with E-state index >= 15 is 0 Å². The Bertz CT molecular complexity index is 943. The lowest BCUT2D eigenvalue weighted by atomic mass is 10.1. The molecule has 0 aliphatic carbocycles. The number of carbonyl (C=O) groups is 2. The summed E-state index contributed by atoms with van der Waals surface area (Å²) in [5.74, 6) is 0.222. The Morgan fingerprint density at radius 2 is 1.78 bits per heavy atom. The molecule has 2 aromatic carbocycles. The number of allylic oxidation sites excluding steroid dienone is 1. The van der Waals surface area contributed by atoms with E-state index in [1.165, 1.54) is 0 Å². The first-order chi connectivity index (χ1) is 13.1. The van der Waals surface area contributed by atoms with Crippen LogP contribution in [-0.4, -0.2) is 18.3 Å². The summed E-state index contributed by atoms with van der Waals surface area (Å²) in [6.07, 6.45) is 3.41. The van der Waals surface area contributed by atoms with Gasteiger partial charge in [-0.1, -0.05) is 18.2 Å². The van der Waals surface area contributed by atoms with Gasteiger partial charge in [-0.25, -0.2) is 0 Å². The fraction of sp³-hybridized carbons (Fsp3) is 0.0909. The highest BCUT2D eigenvalue weighted by Gasteiger charge is 2.06. The number of thiophene rings is 1. The van der Waals surface area contributed by atoms with Gasteiger partial charge >= 0.3 is 0 Å². The molecule has 4 nitrogen and oxygen atoms in total. The third-order valence-corrected chi connectivity index (χ3v) is 4.84. The number of para-hydroxylation sites is 1. The number of nitrogens with one attached hydrogen (secondary N) is 1. The van der Waals surface area contributed by atoms with Crippen molar-refractivity contribution in [3.8, 4) is 5.75 Å². The van der Waals surface area contributed by atoms with E-state index in [1.54, 1.807) is 41.7 Å². The zero-order chi connectivity index (χ0) is 19.1. The van der Waals surface area contributed by atoms with Crippen molar-refractivity contribution in [3.63, 3.8) is 0 Å². The van der Waals surface area contributed by atoms with Crippen LogP contribution in [-0.2, 0) is 4.79 Å². The van der Waals surface area contributed by atoms with Crippen LogP contribution in [0.5, 0.6) is 5.75 Å². The lowest BCUT2D eigenvalue weighted by molar-refractivity contribution is -0.118. The summed E-state index contributed by atoms with van der Waals surface area (Å²) >= 11 is 1.60. The Labute approximate surface area is 162 Å². The second-order valence-corrected chi connectivity index (χ2v) is 6.84. The first kappa shape index (κ1) is 18.6. The molecule has 1 heterocycles. The SMILES string of the molecule is Cc1ccsc1/C=C/C(=O)c1ccc(OCC(=O)Nc2ccccc2)cc1. The summed E-state index contributed by atoms with van der Waals surface area (Å²) in [6, 6.07) is 18.0. The van der Waals surface area contributed by atoms with E-state index in [-0.39, 0.29) is 18.3 Å². The Morgan fingerprint density at radius 3 is 2.44 bits per heavy atom. The third kappa shape index (κ3) is 5.39. The monoisotopic (exact) mass is 377 g/mol. The van der Waals surface area contributed by atoms with E-state index in [4.69, 9.17) is 4.74 Å². The minimum Gasteiger partial charge on any atom is -0.484 e. The highest BCUT2D eigenvalue weighted by atomic mass is 32.1. The minimum absolute atomic E-state index is 0.0730. The van der Waals surface area contributed by atoms with Crippen LogP contribution in [0.4, 0.5) is 5.69 Å². The molecule has 0 radical (unpaired) electrons. The zero-order valence-corrected chi connectivity index (χ0v) is 15.7. The molecule has 0 aliphatic heterocycles. The molecule has 5 heteroatoms. The lowest BCUT2D eigenvalue weighted by Gasteiger charge is -2.07. The first-order valence-electron chi connectivity index (χ1n) is 8.46. The summed E-state index contributed by atoms with van der Waals surface area (Å²) in [5, 5.41) is 4.75. The van der Waals surface area contributed by atoms with Crippen LogP contribution in [0.3, 0.4) is 0 Å². The van der Waals surface area contributed by atoms with Crippen molar-refractivity contribution in [1.29, 1.82) is 0 Å². The van der Waals surface area contributed by atoms with Gasteiger partial charge in [0.1, 0.15) is 5.75 Å². The Balaban J connectivity index is 1.52. The smallest absolute Gasteiger partial charge is 0.262 e.